The maximum Gasteiger partial charge on any atom is 0.155 e. The SMILES string of the molecule is CCC(C)C(=N)/C=C(\C)C(C)=O. The van der Waals surface area contributed by atoms with Gasteiger partial charge in [-0.1, -0.05) is 13.8 Å². The molecule has 0 aliphatic carbocycles. The summed E-state index contributed by atoms with van der Waals surface area (Å²) in [5.74, 6) is 0.294. The van der Waals surface area contributed by atoms with Crippen LogP contribution in [0.25, 0.3) is 0 Å². The van der Waals surface area contributed by atoms with E-state index in [4.69, 9.17) is 5.41 Å². The fraction of sp³-hybridized carbons (Fsp3) is 0.600. The summed E-state index contributed by atoms with van der Waals surface area (Å²) in [4.78, 5) is 10.8. The number of hydrogen-bond acceptors (Lipinski definition) is 2. The second kappa shape index (κ2) is 4.86. The molecule has 68 valence electrons. The van der Waals surface area contributed by atoms with Gasteiger partial charge in [0.05, 0.1) is 0 Å². The molecular formula is C10H17NO. The monoisotopic (exact) mass is 167 g/mol. The van der Waals surface area contributed by atoms with E-state index in [0.29, 0.717) is 11.3 Å². The Balaban J connectivity index is 4.34. The summed E-state index contributed by atoms with van der Waals surface area (Å²) in [7, 11) is 0. The van der Waals surface area contributed by atoms with Gasteiger partial charge in [-0.15, -0.1) is 0 Å². The van der Waals surface area contributed by atoms with E-state index in [1.165, 1.54) is 6.92 Å². The zero-order chi connectivity index (χ0) is 9.72. The number of Topliss-reactive ketones (excluding diaryl/α,β-unsaturated/α-hetero) is 1. The van der Waals surface area contributed by atoms with Gasteiger partial charge >= 0.3 is 0 Å². The first kappa shape index (κ1) is 11.1. The first-order valence-corrected chi connectivity index (χ1v) is 4.26. The van der Waals surface area contributed by atoms with E-state index in [0.717, 1.165) is 6.42 Å². The molecule has 0 aromatic rings. The predicted octanol–water partition coefficient (Wildman–Crippen LogP) is 2.59. The first-order chi connectivity index (χ1) is 5.49. The summed E-state index contributed by atoms with van der Waals surface area (Å²) in [6.45, 7) is 7.30. The van der Waals surface area contributed by atoms with Crippen molar-refractivity contribution < 1.29 is 4.79 Å². The smallest absolute Gasteiger partial charge is 0.155 e. The van der Waals surface area contributed by atoms with Crippen LogP contribution in [0.5, 0.6) is 0 Å². The quantitative estimate of drug-likeness (QED) is 0.507. The highest BCUT2D eigenvalue weighted by Gasteiger charge is 2.04. The van der Waals surface area contributed by atoms with Gasteiger partial charge in [-0.3, -0.25) is 4.79 Å². The van der Waals surface area contributed by atoms with Crippen molar-refractivity contribution in [2.45, 2.75) is 34.1 Å². The van der Waals surface area contributed by atoms with Crippen molar-refractivity contribution in [1.82, 2.24) is 0 Å². The molecule has 1 unspecified atom stereocenters. The average Bonchev–Trinajstić information content (AvgIpc) is 2.02. The number of ketones is 1. The Morgan fingerprint density at radius 1 is 1.50 bits per heavy atom. The van der Waals surface area contributed by atoms with Crippen molar-refractivity contribution >= 4 is 11.5 Å². The minimum atomic E-state index is 0.0445. The second-order valence-corrected chi connectivity index (χ2v) is 3.15. The van der Waals surface area contributed by atoms with Crippen LogP contribution in [0.15, 0.2) is 11.6 Å². The minimum absolute atomic E-state index is 0.0445. The van der Waals surface area contributed by atoms with E-state index < -0.39 is 0 Å². The van der Waals surface area contributed by atoms with Crippen molar-refractivity contribution in [3.8, 4) is 0 Å². The third-order valence-corrected chi connectivity index (χ3v) is 2.07. The molecule has 0 aliphatic heterocycles. The molecule has 0 aromatic carbocycles. The third-order valence-electron chi connectivity index (χ3n) is 2.07. The number of nitrogens with one attached hydrogen (secondary N) is 1. The lowest BCUT2D eigenvalue weighted by Gasteiger charge is -2.06. The lowest BCUT2D eigenvalue weighted by atomic mass is 10.0. The molecule has 2 nitrogen and oxygen atoms in total. The maximum absolute atomic E-state index is 10.8. The van der Waals surface area contributed by atoms with Crippen molar-refractivity contribution in [3.05, 3.63) is 11.6 Å². The fourth-order valence-electron chi connectivity index (χ4n) is 0.697. The van der Waals surface area contributed by atoms with Gasteiger partial charge in [-0.25, -0.2) is 0 Å². The van der Waals surface area contributed by atoms with E-state index in [1.807, 2.05) is 13.8 Å². The zero-order valence-corrected chi connectivity index (χ0v) is 8.27. The highest BCUT2D eigenvalue weighted by atomic mass is 16.1. The summed E-state index contributed by atoms with van der Waals surface area (Å²) >= 11 is 0. The van der Waals surface area contributed by atoms with E-state index in [1.54, 1.807) is 13.0 Å². The minimum Gasteiger partial charge on any atom is -0.305 e. The molecule has 0 saturated heterocycles. The Labute approximate surface area is 74.2 Å². The topological polar surface area (TPSA) is 40.9 Å². The number of rotatable bonds is 4. The van der Waals surface area contributed by atoms with Crippen LogP contribution >= 0.6 is 0 Å². The van der Waals surface area contributed by atoms with E-state index in [9.17, 15) is 4.79 Å². The number of carbonyl (C=O) groups is 1. The van der Waals surface area contributed by atoms with E-state index in [-0.39, 0.29) is 11.7 Å². The second-order valence-electron chi connectivity index (χ2n) is 3.15. The van der Waals surface area contributed by atoms with Gasteiger partial charge in [0, 0.05) is 5.71 Å². The van der Waals surface area contributed by atoms with Crippen molar-refractivity contribution in [1.29, 1.82) is 5.41 Å². The normalized spacial score (nSPS) is 14.2. The van der Waals surface area contributed by atoms with Gasteiger partial charge in [0.2, 0.25) is 0 Å². The molecule has 0 bridgehead atoms. The lowest BCUT2D eigenvalue weighted by Crippen LogP contribution is -2.07. The predicted molar refractivity (Wildman–Crippen MR) is 51.6 cm³/mol. The molecule has 0 radical (unpaired) electrons. The third kappa shape index (κ3) is 3.46. The summed E-state index contributed by atoms with van der Waals surface area (Å²) in [5, 5.41) is 7.59. The summed E-state index contributed by atoms with van der Waals surface area (Å²) in [5.41, 5.74) is 1.21. The molecular weight excluding hydrogens is 150 g/mol. The van der Waals surface area contributed by atoms with Crippen LogP contribution in [0.2, 0.25) is 0 Å². The summed E-state index contributed by atoms with van der Waals surface area (Å²) < 4.78 is 0. The number of allylic oxidation sites excluding steroid dienone is 2. The molecule has 0 spiro atoms. The molecule has 0 heterocycles. The van der Waals surface area contributed by atoms with Crippen LogP contribution in [0.3, 0.4) is 0 Å². The van der Waals surface area contributed by atoms with Gasteiger partial charge in [0.1, 0.15) is 0 Å². The Morgan fingerprint density at radius 3 is 2.33 bits per heavy atom. The number of carbonyl (C=O) groups excluding carboxylic acids is 1. The molecule has 0 rings (SSSR count). The molecule has 0 aromatic heterocycles. The summed E-state index contributed by atoms with van der Waals surface area (Å²) in [6, 6.07) is 0. The van der Waals surface area contributed by atoms with Gasteiger partial charge in [0.25, 0.3) is 0 Å². The molecule has 12 heavy (non-hydrogen) atoms. The Hall–Kier alpha value is -0.920. The Kier molecular flexibility index (Phi) is 4.49. The largest absolute Gasteiger partial charge is 0.305 e. The molecule has 0 aliphatic rings. The van der Waals surface area contributed by atoms with Gasteiger partial charge in [-0.2, -0.15) is 0 Å². The maximum atomic E-state index is 10.8. The van der Waals surface area contributed by atoms with Crippen LogP contribution in [0.1, 0.15) is 34.1 Å². The highest BCUT2D eigenvalue weighted by Crippen LogP contribution is 2.06. The lowest BCUT2D eigenvalue weighted by molar-refractivity contribution is -0.113. The van der Waals surface area contributed by atoms with Gasteiger partial charge in [-0.05, 0) is 37.8 Å². The molecule has 0 saturated carbocycles. The van der Waals surface area contributed by atoms with Crippen LogP contribution < -0.4 is 0 Å². The van der Waals surface area contributed by atoms with Crippen molar-refractivity contribution in [3.63, 3.8) is 0 Å². The van der Waals surface area contributed by atoms with Crippen LogP contribution in [-0.2, 0) is 4.79 Å². The first-order valence-electron chi connectivity index (χ1n) is 4.26. The Morgan fingerprint density at radius 2 is 2.00 bits per heavy atom. The zero-order valence-electron chi connectivity index (χ0n) is 8.27. The summed E-state index contributed by atoms with van der Waals surface area (Å²) in [6.07, 6.45) is 2.61. The van der Waals surface area contributed by atoms with Crippen LogP contribution in [-0.4, -0.2) is 11.5 Å². The molecule has 0 amide bonds. The van der Waals surface area contributed by atoms with E-state index in [2.05, 4.69) is 0 Å². The van der Waals surface area contributed by atoms with E-state index >= 15 is 0 Å². The standard InChI is InChI=1S/C10H17NO/c1-5-7(2)10(11)6-8(3)9(4)12/h6-7,11H,5H2,1-4H3/b8-6+,11-10?. The van der Waals surface area contributed by atoms with Gasteiger partial charge in [0.15, 0.2) is 5.78 Å². The Bertz CT molecular complexity index is 216. The molecule has 0 fully saturated rings. The highest BCUT2D eigenvalue weighted by molar-refractivity contribution is 6.03. The van der Waals surface area contributed by atoms with Crippen LogP contribution in [0, 0.1) is 11.3 Å². The molecule has 1 atom stereocenters. The average molecular weight is 167 g/mol. The number of hydrogen-bond donors (Lipinski definition) is 1. The van der Waals surface area contributed by atoms with Crippen molar-refractivity contribution in [2.24, 2.45) is 5.92 Å². The fourth-order valence-corrected chi connectivity index (χ4v) is 0.697. The van der Waals surface area contributed by atoms with Gasteiger partial charge < -0.3 is 5.41 Å². The van der Waals surface area contributed by atoms with Crippen LogP contribution in [0.4, 0.5) is 0 Å². The molecule has 1 N–H and O–H groups in total. The molecule has 2 heteroatoms. The van der Waals surface area contributed by atoms with Crippen molar-refractivity contribution in [2.75, 3.05) is 0 Å².